The van der Waals surface area contributed by atoms with Gasteiger partial charge in [-0.25, -0.2) is 4.79 Å². The van der Waals surface area contributed by atoms with E-state index in [1.165, 1.54) is 6.08 Å². The second-order valence-electron chi connectivity index (χ2n) is 7.65. The first-order chi connectivity index (χ1) is 14.6. The van der Waals surface area contributed by atoms with Crippen LogP contribution in [0.3, 0.4) is 0 Å². The van der Waals surface area contributed by atoms with E-state index in [-0.39, 0.29) is 24.8 Å². The van der Waals surface area contributed by atoms with Gasteiger partial charge in [0, 0.05) is 34.9 Å². The second-order valence-corrected chi connectivity index (χ2v) is 8.51. The van der Waals surface area contributed by atoms with Gasteiger partial charge in [-0.15, -0.1) is 0 Å². The molecular weight excluding hydrogens is 462 g/mol. The standard InChI is InChI=1S/C23H26BrN3O4/c1-23(2,3)31-22(30)25-14-13-21(29)27-18-9-6-8-17(15-18)26-20(28)12-11-16-7-4-5-10-19(16)24/h4-12,15H,13-14H2,1-3H3,(H,25,30)(H,26,28)(H,27,29)/b12-11+. The van der Waals surface area contributed by atoms with Gasteiger partial charge in [-0.05, 0) is 56.7 Å². The predicted molar refractivity (Wildman–Crippen MR) is 126 cm³/mol. The molecule has 0 heterocycles. The topological polar surface area (TPSA) is 96.5 Å². The van der Waals surface area contributed by atoms with E-state index >= 15 is 0 Å². The molecule has 0 aliphatic rings. The normalized spacial score (nSPS) is 11.1. The van der Waals surface area contributed by atoms with E-state index in [2.05, 4.69) is 31.9 Å². The van der Waals surface area contributed by atoms with E-state index < -0.39 is 11.7 Å². The van der Waals surface area contributed by atoms with E-state index in [4.69, 9.17) is 4.74 Å². The molecule has 0 atom stereocenters. The minimum Gasteiger partial charge on any atom is -0.444 e. The lowest BCUT2D eigenvalue weighted by Gasteiger charge is -2.19. The molecule has 0 spiro atoms. The molecule has 0 saturated heterocycles. The molecule has 8 heteroatoms. The van der Waals surface area contributed by atoms with Crippen LogP contribution in [0.5, 0.6) is 0 Å². The molecule has 3 amide bonds. The molecule has 3 N–H and O–H groups in total. The van der Waals surface area contributed by atoms with Crippen molar-refractivity contribution in [1.29, 1.82) is 0 Å². The number of benzene rings is 2. The van der Waals surface area contributed by atoms with Gasteiger partial charge in [0.2, 0.25) is 11.8 Å². The van der Waals surface area contributed by atoms with Gasteiger partial charge in [-0.2, -0.15) is 0 Å². The Balaban J connectivity index is 1.83. The molecule has 0 aliphatic heterocycles. The number of rotatable bonds is 7. The fourth-order valence-electron chi connectivity index (χ4n) is 2.45. The highest BCUT2D eigenvalue weighted by Gasteiger charge is 2.15. The Morgan fingerprint density at radius 1 is 1.00 bits per heavy atom. The van der Waals surface area contributed by atoms with Crippen LogP contribution >= 0.6 is 15.9 Å². The van der Waals surface area contributed by atoms with E-state index in [1.807, 2.05) is 24.3 Å². The van der Waals surface area contributed by atoms with E-state index in [1.54, 1.807) is 51.1 Å². The van der Waals surface area contributed by atoms with Gasteiger partial charge in [-0.3, -0.25) is 9.59 Å². The number of halogens is 1. The number of nitrogens with one attached hydrogen (secondary N) is 3. The average Bonchev–Trinajstić information content (AvgIpc) is 2.66. The second kappa shape index (κ2) is 11.3. The van der Waals surface area contributed by atoms with Gasteiger partial charge in [0.25, 0.3) is 0 Å². The summed E-state index contributed by atoms with van der Waals surface area (Å²) in [4.78, 5) is 35.9. The molecule has 0 fully saturated rings. The summed E-state index contributed by atoms with van der Waals surface area (Å²) in [5.74, 6) is -0.561. The summed E-state index contributed by atoms with van der Waals surface area (Å²) in [7, 11) is 0. The summed E-state index contributed by atoms with van der Waals surface area (Å²) in [5, 5.41) is 8.03. The van der Waals surface area contributed by atoms with Gasteiger partial charge in [0.15, 0.2) is 0 Å². The van der Waals surface area contributed by atoms with Crippen LogP contribution in [0.15, 0.2) is 59.1 Å². The van der Waals surface area contributed by atoms with Crippen molar-refractivity contribution in [3.05, 3.63) is 64.6 Å². The molecule has 31 heavy (non-hydrogen) atoms. The van der Waals surface area contributed by atoms with Gasteiger partial charge >= 0.3 is 6.09 Å². The Morgan fingerprint density at radius 3 is 2.35 bits per heavy atom. The number of carbonyl (C=O) groups excluding carboxylic acids is 3. The molecule has 0 unspecified atom stereocenters. The van der Waals surface area contributed by atoms with E-state index in [9.17, 15) is 14.4 Å². The minimum absolute atomic E-state index is 0.0878. The fraction of sp³-hybridized carbons (Fsp3) is 0.261. The van der Waals surface area contributed by atoms with Crippen molar-refractivity contribution in [3.8, 4) is 0 Å². The van der Waals surface area contributed by atoms with Crippen molar-refractivity contribution < 1.29 is 19.1 Å². The average molecular weight is 488 g/mol. The number of carbonyl (C=O) groups is 3. The first-order valence-electron chi connectivity index (χ1n) is 9.73. The molecule has 164 valence electrons. The Bertz CT molecular complexity index is 967. The lowest BCUT2D eigenvalue weighted by atomic mass is 10.2. The number of hydrogen-bond donors (Lipinski definition) is 3. The molecule has 2 aromatic rings. The summed E-state index contributed by atoms with van der Waals surface area (Å²) in [6.45, 7) is 5.45. The zero-order chi connectivity index (χ0) is 22.9. The van der Waals surface area contributed by atoms with Crippen molar-refractivity contribution in [2.75, 3.05) is 17.2 Å². The third-order valence-electron chi connectivity index (χ3n) is 3.75. The monoisotopic (exact) mass is 487 g/mol. The first kappa shape index (κ1) is 24.1. The summed E-state index contributed by atoms with van der Waals surface area (Å²) in [5.41, 5.74) is 1.38. The smallest absolute Gasteiger partial charge is 0.407 e. The molecular formula is C23H26BrN3O4. The van der Waals surface area contributed by atoms with Crippen molar-refractivity contribution in [1.82, 2.24) is 5.32 Å². The summed E-state index contributed by atoms with van der Waals surface area (Å²) in [6.07, 6.45) is 2.67. The maximum absolute atomic E-state index is 12.2. The van der Waals surface area contributed by atoms with Crippen molar-refractivity contribution in [2.24, 2.45) is 0 Å². The van der Waals surface area contributed by atoms with Gasteiger partial charge in [-0.1, -0.05) is 40.2 Å². The maximum Gasteiger partial charge on any atom is 0.407 e. The molecule has 0 saturated carbocycles. The molecule has 2 rings (SSSR count). The summed E-state index contributed by atoms with van der Waals surface area (Å²) >= 11 is 3.43. The molecule has 0 radical (unpaired) electrons. The number of alkyl carbamates (subject to hydrolysis) is 1. The number of ether oxygens (including phenoxy) is 1. The van der Waals surface area contributed by atoms with Crippen LogP contribution in [0.2, 0.25) is 0 Å². The zero-order valence-electron chi connectivity index (χ0n) is 17.7. The lowest BCUT2D eigenvalue weighted by Crippen LogP contribution is -2.34. The highest BCUT2D eigenvalue weighted by atomic mass is 79.9. The van der Waals surface area contributed by atoms with Crippen molar-refractivity contribution in [2.45, 2.75) is 32.8 Å². The zero-order valence-corrected chi connectivity index (χ0v) is 19.3. The van der Waals surface area contributed by atoms with Gasteiger partial charge in [0.1, 0.15) is 5.60 Å². The SMILES string of the molecule is CC(C)(C)OC(=O)NCCC(=O)Nc1cccc(NC(=O)/C=C/c2ccccc2Br)c1. The Hall–Kier alpha value is -3.13. The number of hydrogen-bond acceptors (Lipinski definition) is 4. The third-order valence-corrected chi connectivity index (χ3v) is 4.48. The fourth-order valence-corrected chi connectivity index (χ4v) is 2.87. The predicted octanol–water partition coefficient (Wildman–Crippen LogP) is 4.95. The first-order valence-corrected chi connectivity index (χ1v) is 10.5. The lowest BCUT2D eigenvalue weighted by molar-refractivity contribution is -0.116. The van der Waals surface area contributed by atoms with Crippen LogP contribution in [0, 0.1) is 0 Å². The van der Waals surface area contributed by atoms with Crippen LogP contribution in [0.4, 0.5) is 16.2 Å². The van der Waals surface area contributed by atoms with Crippen molar-refractivity contribution in [3.63, 3.8) is 0 Å². The number of amides is 3. The third kappa shape index (κ3) is 9.48. The summed E-state index contributed by atoms with van der Waals surface area (Å²) < 4.78 is 6.01. The maximum atomic E-state index is 12.2. The Morgan fingerprint density at radius 2 is 1.68 bits per heavy atom. The number of anilines is 2. The van der Waals surface area contributed by atoms with Gasteiger partial charge in [0.05, 0.1) is 0 Å². The van der Waals surface area contributed by atoms with Gasteiger partial charge < -0.3 is 20.7 Å². The van der Waals surface area contributed by atoms with Crippen LogP contribution in [-0.4, -0.2) is 30.1 Å². The highest BCUT2D eigenvalue weighted by molar-refractivity contribution is 9.10. The van der Waals surface area contributed by atoms with E-state index in [0.29, 0.717) is 11.4 Å². The molecule has 2 aromatic carbocycles. The van der Waals surface area contributed by atoms with E-state index in [0.717, 1.165) is 10.0 Å². The van der Waals surface area contributed by atoms with Crippen LogP contribution in [-0.2, 0) is 14.3 Å². The molecule has 0 aromatic heterocycles. The van der Waals surface area contributed by atoms with Crippen molar-refractivity contribution >= 4 is 51.3 Å². The Labute approximate surface area is 190 Å². The summed E-state index contributed by atoms with van der Waals surface area (Å²) in [6, 6.07) is 14.4. The Kier molecular flexibility index (Phi) is 8.81. The molecule has 7 nitrogen and oxygen atoms in total. The molecule has 0 bridgehead atoms. The van der Waals surface area contributed by atoms with Crippen LogP contribution in [0.1, 0.15) is 32.8 Å². The van der Waals surface area contributed by atoms with Crippen LogP contribution in [0.25, 0.3) is 6.08 Å². The van der Waals surface area contributed by atoms with Crippen LogP contribution < -0.4 is 16.0 Å². The quantitative estimate of drug-likeness (QED) is 0.481. The molecule has 0 aliphatic carbocycles. The minimum atomic E-state index is -0.593. The largest absolute Gasteiger partial charge is 0.444 e. The highest BCUT2D eigenvalue weighted by Crippen LogP contribution is 2.18.